The summed E-state index contributed by atoms with van der Waals surface area (Å²) >= 11 is 0. The van der Waals surface area contributed by atoms with Crippen molar-refractivity contribution in [2.45, 2.75) is 32.7 Å². The largest absolute Gasteiger partial charge is 0.497 e. The summed E-state index contributed by atoms with van der Waals surface area (Å²) in [6.07, 6.45) is 3.56. The molecule has 131 heavy (non-hydrogen) atoms. The van der Waals surface area contributed by atoms with E-state index < -0.39 is 11.4 Å². The van der Waals surface area contributed by atoms with Crippen LogP contribution in [0.25, 0.3) is 89.7 Å². The molecule has 0 saturated carbocycles. The third-order valence-corrected chi connectivity index (χ3v) is 21.0. The number of rotatable bonds is 27. The van der Waals surface area contributed by atoms with E-state index in [1.165, 1.54) is 17.0 Å². The number of nitrogens with zero attached hydrogens (tertiary/aromatic N) is 8. The summed E-state index contributed by atoms with van der Waals surface area (Å²) in [6, 6.07) is 93.9. The highest BCUT2D eigenvalue weighted by Crippen LogP contribution is 2.38. The number of nitrogens with two attached hydrogens (primary N) is 1. The van der Waals surface area contributed by atoms with Gasteiger partial charge in [-0.2, -0.15) is 25.5 Å². The van der Waals surface area contributed by atoms with Gasteiger partial charge in [0.2, 0.25) is 5.95 Å². The molecule has 1 aliphatic heterocycles. The van der Waals surface area contributed by atoms with Gasteiger partial charge >= 0.3 is 0 Å². The van der Waals surface area contributed by atoms with Crippen LogP contribution in [0.15, 0.2) is 321 Å². The number of aromatic nitrogens is 13. The van der Waals surface area contributed by atoms with Crippen LogP contribution in [0.1, 0.15) is 59.3 Å². The van der Waals surface area contributed by atoms with Gasteiger partial charge in [-0.15, -0.1) is 0 Å². The fraction of sp³-hybridized carbons (Fsp3) is 0.108. The summed E-state index contributed by atoms with van der Waals surface area (Å²) in [5.74, 6) is 4.45. The molecule has 0 unspecified atom stereocenters. The van der Waals surface area contributed by atoms with Crippen molar-refractivity contribution in [2.24, 2.45) is 0 Å². The molecule has 8 heterocycles. The first kappa shape index (κ1) is 88.4. The second kappa shape index (κ2) is 42.5. The van der Waals surface area contributed by atoms with Crippen molar-refractivity contribution >= 4 is 45.8 Å². The Balaban J connectivity index is 0.000000127. The van der Waals surface area contributed by atoms with Crippen LogP contribution in [0.2, 0.25) is 0 Å². The number of methoxy groups -OCH3 is 6. The van der Waals surface area contributed by atoms with Crippen molar-refractivity contribution in [3.8, 4) is 119 Å². The van der Waals surface area contributed by atoms with Gasteiger partial charge in [-0.1, -0.05) is 140 Å². The molecule has 0 spiro atoms. The van der Waals surface area contributed by atoms with Crippen LogP contribution in [-0.2, 0) is 32.7 Å². The Bertz CT molecular complexity index is 6970. The zero-order valence-corrected chi connectivity index (χ0v) is 72.1. The Morgan fingerprint density at radius 3 is 1.49 bits per heavy atom. The number of Topliss-reactive ketones (excluding diaryl/α,β-unsaturated/α-hetero) is 1. The summed E-state index contributed by atoms with van der Waals surface area (Å²) < 4.78 is 51.7. The van der Waals surface area contributed by atoms with E-state index in [1.54, 1.807) is 91.5 Å². The van der Waals surface area contributed by atoms with Crippen LogP contribution in [0.4, 0.5) is 21.7 Å². The zero-order chi connectivity index (χ0) is 91.0. The molecule has 0 bridgehead atoms. The molecule has 11 aromatic carbocycles. The fourth-order valence-electron chi connectivity index (χ4n) is 14.3. The number of para-hydroxylation sites is 2. The number of ether oxygens (including phenoxy) is 7. The number of carbonyl (C=O) groups excluding carboxylic acids is 3. The zero-order valence-electron chi connectivity index (χ0n) is 72.1. The van der Waals surface area contributed by atoms with Gasteiger partial charge in [-0.3, -0.25) is 59.5 Å². The van der Waals surface area contributed by atoms with Crippen molar-refractivity contribution < 1.29 is 51.9 Å². The molecule has 29 heteroatoms. The minimum atomic E-state index is -0.485. The number of pyridine rings is 1. The summed E-state index contributed by atoms with van der Waals surface area (Å²) in [7, 11) is 9.80. The number of amides is 2. The number of hydrogen-bond acceptors (Lipinski definition) is 21. The normalized spacial score (nSPS) is 11.1. The van der Waals surface area contributed by atoms with Crippen LogP contribution < -0.4 is 55.1 Å². The monoisotopic (exact) mass is 1750 g/mol. The van der Waals surface area contributed by atoms with Gasteiger partial charge in [0, 0.05) is 86.8 Å². The predicted octanol–water partition coefficient (Wildman–Crippen LogP) is 19.1. The Labute approximate surface area is 752 Å². The lowest BCUT2D eigenvalue weighted by Crippen LogP contribution is -2.29. The first-order valence-corrected chi connectivity index (χ1v) is 41.4. The lowest BCUT2D eigenvalue weighted by Gasteiger charge is -2.11. The lowest BCUT2D eigenvalue weighted by molar-refractivity contribution is 0.0639. The van der Waals surface area contributed by atoms with Gasteiger partial charge < -0.3 is 49.5 Å². The van der Waals surface area contributed by atoms with E-state index in [1.807, 2.05) is 249 Å². The number of H-pyrrole nitrogens is 6. The quantitative estimate of drug-likeness (QED) is 0.0131. The minimum absolute atomic E-state index is 0.0492. The summed E-state index contributed by atoms with van der Waals surface area (Å²) in [4.78, 5) is 61.8. The number of hydrogen-bond donors (Lipinski definition) is 9. The smallest absolute Gasteiger partial charge is 0.261 e. The number of halogens is 1. The number of anilines is 3. The van der Waals surface area contributed by atoms with Gasteiger partial charge in [0.15, 0.2) is 5.78 Å². The molecule has 18 aromatic rings. The van der Waals surface area contributed by atoms with Gasteiger partial charge in [0.1, 0.15) is 52.7 Å². The topological polar surface area (TPSA) is 371 Å². The van der Waals surface area contributed by atoms with Gasteiger partial charge in [0.25, 0.3) is 17.4 Å². The third-order valence-electron chi connectivity index (χ3n) is 21.0. The second-order valence-corrected chi connectivity index (χ2v) is 29.5. The average molecular weight is 1750 g/mol. The molecule has 0 atom stereocenters. The molecule has 0 radical (unpaired) electrons. The highest BCUT2D eigenvalue weighted by Gasteiger charge is 2.35. The Morgan fingerprint density at radius 1 is 0.405 bits per heavy atom. The SMILES string of the molecule is COc1cc(OCc2ccccc2)ccc1-c1cc(CNc2nc3ccc(F)cc3c(=O)[nH]2)[nH]n1.COc1ccc(CC(=O)c2ccncc2)cc1-c1cc(-c2ccccc2)n[nH]1.COc1ccc(N)cc1-c1cc(-c2ccccc2)n[nH]1.COc1cccc(NCc2cc(-c3ccccc3OC)n[nH]2)c1.COc1ccccc1-c1cc(CN2C(=O)c3ccccc3C2=O)[nH]n1. The molecule has 0 saturated heterocycles. The first-order chi connectivity index (χ1) is 64.1. The summed E-state index contributed by atoms with van der Waals surface area (Å²) in [6.45, 7) is 1.59. The maximum absolute atomic E-state index is 13.4. The van der Waals surface area contributed by atoms with E-state index >= 15 is 0 Å². The summed E-state index contributed by atoms with van der Waals surface area (Å²) in [5.41, 5.74) is 25.7. The van der Waals surface area contributed by atoms with Crippen LogP contribution in [0.5, 0.6) is 40.2 Å². The van der Waals surface area contributed by atoms with E-state index in [-0.39, 0.29) is 35.5 Å². The number of benzene rings is 11. The number of nitrogen functional groups attached to an aromatic ring is 1. The van der Waals surface area contributed by atoms with Crippen molar-refractivity contribution in [2.75, 3.05) is 59.0 Å². The van der Waals surface area contributed by atoms with E-state index in [2.05, 4.69) is 76.6 Å². The number of aromatic amines is 6. The highest BCUT2D eigenvalue weighted by atomic mass is 19.1. The molecule has 19 rings (SSSR count). The molecule has 7 aromatic heterocycles. The van der Waals surface area contributed by atoms with Crippen LogP contribution in [0.3, 0.4) is 0 Å². The van der Waals surface area contributed by atoms with Crippen molar-refractivity contribution in [1.29, 1.82) is 0 Å². The fourth-order valence-corrected chi connectivity index (χ4v) is 14.3. The van der Waals surface area contributed by atoms with E-state index in [0.717, 1.165) is 125 Å². The Hall–Kier alpha value is -17.5. The number of imide groups is 1. The molecule has 1 aliphatic rings. The predicted molar refractivity (Wildman–Crippen MR) is 502 cm³/mol. The molecule has 28 nitrogen and oxygen atoms in total. The van der Waals surface area contributed by atoms with Crippen LogP contribution >= 0.6 is 0 Å². The third kappa shape index (κ3) is 22.1. The Morgan fingerprint density at radius 2 is 0.908 bits per heavy atom. The van der Waals surface area contributed by atoms with Gasteiger partial charge in [-0.25, -0.2) is 9.37 Å². The maximum atomic E-state index is 13.4. The highest BCUT2D eigenvalue weighted by molar-refractivity contribution is 6.21. The Kier molecular flexibility index (Phi) is 28.6. The summed E-state index contributed by atoms with van der Waals surface area (Å²) in [5, 5.41) is 43.5. The lowest BCUT2D eigenvalue weighted by atomic mass is 10.00. The van der Waals surface area contributed by atoms with Crippen LogP contribution in [-0.4, -0.2) is 131 Å². The molecule has 0 aliphatic carbocycles. The van der Waals surface area contributed by atoms with E-state index in [4.69, 9.17) is 38.9 Å². The first-order valence-electron chi connectivity index (χ1n) is 41.4. The van der Waals surface area contributed by atoms with E-state index in [0.29, 0.717) is 88.3 Å². The molecular formula is C102H90FN17O11. The average Bonchev–Trinajstić information content (AvgIpc) is 1.63. The number of carbonyl (C=O) groups is 3. The molecule has 0 fully saturated rings. The van der Waals surface area contributed by atoms with Crippen molar-refractivity contribution in [3.63, 3.8) is 0 Å². The molecular weight excluding hydrogens is 1660 g/mol. The van der Waals surface area contributed by atoms with Crippen molar-refractivity contribution in [3.05, 3.63) is 377 Å². The van der Waals surface area contributed by atoms with Crippen molar-refractivity contribution in [1.82, 2.24) is 70.8 Å². The molecule has 10 N–H and O–H groups in total. The maximum Gasteiger partial charge on any atom is 0.261 e. The number of ketones is 1. The molecule has 656 valence electrons. The number of fused-ring (bicyclic) bond motifs is 2. The number of nitrogens with one attached hydrogen (secondary N) is 8. The minimum Gasteiger partial charge on any atom is -0.497 e. The molecule has 2 amide bonds. The van der Waals surface area contributed by atoms with Crippen LogP contribution in [0, 0.1) is 5.82 Å². The standard InChI is InChI=1S/C26H22FN5O3.C23H19N3O2.C19H15N3O3.C18H19N3O2.C16H15N3O/c1-34-24-13-19(35-15-16-5-3-2-4-6-16)8-9-20(24)23-12-18(31-32-23)14-28-26-29-22-10-7-17(27)11-21(22)25(33)30-26;1-28-23-8-7-16(14-22(27)18-9-11-24-12-10-18)13-19(23)21-15-20(25-26-21)17-5-3-2-4-6-17;1-25-17-9-5-4-8-15(17)16-10-12(20-21-16)11-22-18(23)13-6-2-3-7-14(13)19(22)24;1-22-15-7-5-6-13(10-15)19-12-14-11-17(21-20-14)16-8-3-4-9-18(16)23-2;1-20-16-8-7-12(17)9-13(16)15-10-14(18-19-15)11-5-3-2-4-6-11/h2-13H,14-15H2,1H3,(H,31,32)(H2,28,29,30,33);2-13,15H,14H2,1H3,(H,25,26);2-10H,11H2,1H3,(H,20,21);3-11,19H,12H2,1-2H3,(H,20,21);2-10H,17H2,1H3,(H,18,19). The van der Waals surface area contributed by atoms with Gasteiger partial charge in [-0.05, 0) is 163 Å². The second-order valence-electron chi connectivity index (χ2n) is 29.5. The van der Waals surface area contributed by atoms with Gasteiger partial charge in [0.05, 0.1) is 141 Å². The van der Waals surface area contributed by atoms with E-state index in [9.17, 15) is 23.6 Å².